The monoisotopic (exact) mass is 153 g/mol. The number of aromatic nitrogens is 1. The van der Waals surface area contributed by atoms with Crippen molar-refractivity contribution in [1.82, 2.24) is 4.98 Å². The molecule has 0 atom stereocenters. The zero-order valence-electron chi connectivity index (χ0n) is 5.87. The quantitative estimate of drug-likeness (QED) is 0.693. The molecule has 0 aliphatic rings. The molecule has 1 aromatic rings. The topological polar surface area (TPSA) is 33.1 Å². The lowest BCUT2D eigenvalue weighted by molar-refractivity contribution is 0.343. The Labute approximate surface area is 64.0 Å². The molecule has 2 nitrogen and oxygen atoms in total. The molecule has 1 rings (SSSR count). The number of pyridine rings is 1. The molecule has 11 heavy (non-hydrogen) atoms. The van der Waals surface area contributed by atoms with Crippen LogP contribution in [0.15, 0.2) is 24.4 Å². The molecule has 0 aromatic carbocycles. The Hall–Kier alpha value is -1.22. The molecule has 1 heterocycles. The summed E-state index contributed by atoms with van der Waals surface area (Å²) < 4.78 is 12.7. The smallest absolute Gasteiger partial charge is 0.148 e. The summed E-state index contributed by atoms with van der Waals surface area (Å²) in [5.74, 6) is -0.378. The standard InChI is InChI=1S/C8H8FNO/c9-7-3-1-5-10-8(7)4-2-6-11/h1-5,11H,6H2. The van der Waals surface area contributed by atoms with E-state index in [0.717, 1.165) is 0 Å². The van der Waals surface area contributed by atoms with Crippen molar-refractivity contribution in [2.45, 2.75) is 0 Å². The molecule has 0 amide bonds. The van der Waals surface area contributed by atoms with E-state index in [-0.39, 0.29) is 18.1 Å². The Bertz CT molecular complexity index is 260. The van der Waals surface area contributed by atoms with Crippen LogP contribution in [0.2, 0.25) is 0 Å². The van der Waals surface area contributed by atoms with Gasteiger partial charge in [-0.2, -0.15) is 0 Å². The minimum atomic E-state index is -0.378. The molecule has 0 fully saturated rings. The summed E-state index contributed by atoms with van der Waals surface area (Å²) >= 11 is 0. The van der Waals surface area contributed by atoms with E-state index in [9.17, 15) is 4.39 Å². The van der Waals surface area contributed by atoms with E-state index in [0.29, 0.717) is 0 Å². The number of rotatable bonds is 2. The summed E-state index contributed by atoms with van der Waals surface area (Å²) in [6.07, 6.45) is 4.38. The summed E-state index contributed by atoms with van der Waals surface area (Å²) in [7, 11) is 0. The van der Waals surface area contributed by atoms with E-state index in [4.69, 9.17) is 5.11 Å². The average molecular weight is 153 g/mol. The first kappa shape index (κ1) is 7.88. The lowest BCUT2D eigenvalue weighted by Gasteiger charge is -1.92. The summed E-state index contributed by atoms with van der Waals surface area (Å²) in [4.78, 5) is 3.74. The van der Waals surface area contributed by atoms with Crippen LogP contribution in [0.5, 0.6) is 0 Å². The van der Waals surface area contributed by atoms with Crippen LogP contribution in [-0.2, 0) is 0 Å². The fourth-order valence-electron chi connectivity index (χ4n) is 0.685. The number of aliphatic hydroxyl groups is 1. The second-order valence-electron chi connectivity index (χ2n) is 1.96. The SMILES string of the molecule is OCC=Cc1ncccc1F. The highest BCUT2D eigenvalue weighted by Crippen LogP contribution is 2.03. The predicted molar refractivity (Wildman–Crippen MR) is 40.3 cm³/mol. The van der Waals surface area contributed by atoms with E-state index in [1.54, 1.807) is 0 Å². The van der Waals surface area contributed by atoms with Gasteiger partial charge in [0.05, 0.1) is 12.3 Å². The van der Waals surface area contributed by atoms with E-state index < -0.39 is 0 Å². The van der Waals surface area contributed by atoms with Crippen molar-refractivity contribution in [3.63, 3.8) is 0 Å². The number of aliphatic hydroxyl groups excluding tert-OH is 1. The molecule has 1 aromatic heterocycles. The van der Waals surface area contributed by atoms with Crippen LogP contribution >= 0.6 is 0 Å². The van der Waals surface area contributed by atoms with Crippen molar-refractivity contribution in [3.05, 3.63) is 35.9 Å². The van der Waals surface area contributed by atoms with Crippen LogP contribution < -0.4 is 0 Å². The van der Waals surface area contributed by atoms with Crippen molar-refractivity contribution in [3.8, 4) is 0 Å². The van der Waals surface area contributed by atoms with Gasteiger partial charge < -0.3 is 5.11 Å². The third kappa shape index (κ3) is 2.13. The van der Waals surface area contributed by atoms with Gasteiger partial charge in [0.1, 0.15) is 5.82 Å². The fraction of sp³-hybridized carbons (Fsp3) is 0.125. The minimum absolute atomic E-state index is 0.101. The van der Waals surface area contributed by atoms with Gasteiger partial charge in [0.2, 0.25) is 0 Å². The molecular weight excluding hydrogens is 145 g/mol. The van der Waals surface area contributed by atoms with Crippen molar-refractivity contribution in [2.24, 2.45) is 0 Å². The second-order valence-corrected chi connectivity index (χ2v) is 1.96. The molecular formula is C8H8FNO. The van der Waals surface area contributed by atoms with Gasteiger partial charge in [0.25, 0.3) is 0 Å². The summed E-state index contributed by atoms with van der Waals surface area (Å²) in [5.41, 5.74) is 0.251. The Kier molecular flexibility index (Phi) is 2.74. The first-order chi connectivity index (χ1) is 5.34. The molecule has 0 bridgehead atoms. The van der Waals surface area contributed by atoms with Crippen LogP contribution in [0.1, 0.15) is 5.69 Å². The second kappa shape index (κ2) is 3.83. The van der Waals surface area contributed by atoms with Gasteiger partial charge in [-0.05, 0) is 18.2 Å². The molecule has 1 N–H and O–H groups in total. The van der Waals surface area contributed by atoms with Crippen LogP contribution in [0.25, 0.3) is 6.08 Å². The van der Waals surface area contributed by atoms with Crippen molar-refractivity contribution in [1.29, 1.82) is 0 Å². The van der Waals surface area contributed by atoms with E-state index in [1.165, 1.54) is 30.5 Å². The molecule has 58 valence electrons. The zero-order chi connectivity index (χ0) is 8.10. The first-order valence-electron chi connectivity index (χ1n) is 3.22. The molecule has 0 saturated carbocycles. The lowest BCUT2D eigenvalue weighted by Crippen LogP contribution is -1.85. The molecule has 0 aliphatic carbocycles. The van der Waals surface area contributed by atoms with Crippen LogP contribution in [0.4, 0.5) is 4.39 Å². The Morgan fingerprint density at radius 3 is 3.09 bits per heavy atom. The Balaban J connectivity index is 2.86. The van der Waals surface area contributed by atoms with Crippen LogP contribution in [0.3, 0.4) is 0 Å². The highest BCUT2D eigenvalue weighted by molar-refractivity contribution is 5.44. The fourth-order valence-corrected chi connectivity index (χ4v) is 0.685. The highest BCUT2D eigenvalue weighted by atomic mass is 19.1. The molecule has 3 heteroatoms. The average Bonchev–Trinajstić information content (AvgIpc) is 2.03. The van der Waals surface area contributed by atoms with E-state index in [1.807, 2.05) is 0 Å². The molecule has 0 radical (unpaired) electrons. The third-order valence-electron chi connectivity index (χ3n) is 1.17. The van der Waals surface area contributed by atoms with Gasteiger partial charge in [-0.15, -0.1) is 0 Å². The Morgan fingerprint density at radius 2 is 2.45 bits per heavy atom. The predicted octanol–water partition coefficient (Wildman–Crippen LogP) is 1.23. The van der Waals surface area contributed by atoms with Crippen molar-refractivity contribution in [2.75, 3.05) is 6.61 Å². The van der Waals surface area contributed by atoms with E-state index in [2.05, 4.69) is 4.98 Å². The van der Waals surface area contributed by atoms with Crippen LogP contribution in [-0.4, -0.2) is 16.7 Å². The number of halogens is 1. The van der Waals surface area contributed by atoms with Crippen molar-refractivity contribution < 1.29 is 9.50 Å². The maximum Gasteiger partial charge on any atom is 0.148 e. The lowest BCUT2D eigenvalue weighted by atomic mass is 10.3. The molecule has 0 spiro atoms. The minimum Gasteiger partial charge on any atom is -0.392 e. The number of nitrogens with zero attached hydrogens (tertiary/aromatic N) is 1. The maximum atomic E-state index is 12.7. The number of hydrogen-bond acceptors (Lipinski definition) is 2. The van der Waals surface area contributed by atoms with Gasteiger partial charge in [0, 0.05) is 6.20 Å². The molecule has 0 unspecified atom stereocenters. The first-order valence-corrected chi connectivity index (χ1v) is 3.22. The molecule has 0 saturated heterocycles. The van der Waals surface area contributed by atoms with E-state index >= 15 is 0 Å². The summed E-state index contributed by atoms with van der Waals surface area (Å²) in [6, 6.07) is 2.84. The molecule has 0 aliphatic heterocycles. The van der Waals surface area contributed by atoms with Gasteiger partial charge in [-0.3, -0.25) is 4.98 Å². The normalized spacial score (nSPS) is 10.7. The zero-order valence-corrected chi connectivity index (χ0v) is 5.87. The third-order valence-corrected chi connectivity index (χ3v) is 1.17. The van der Waals surface area contributed by atoms with Gasteiger partial charge in [-0.25, -0.2) is 4.39 Å². The van der Waals surface area contributed by atoms with Crippen LogP contribution in [0, 0.1) is 5.82 Å². The largest absolute Gasteiger partial charge is 0.392 e. The summed E-state index contributed by atoms with van der Waals surface area (Å²) in [5, 5.41) is 8.38. The van der Waals surface area contributed by atoms with Crippen molar-refractivity contribution >= 4 is 6.08 Å². The van der Waals surface area contributed by atoms with Gasteiger partial charge in [0.15, 0.2) is 0 Å². The highest BCUT2D eigenvalue weighted by Gasteiger charge is 1.94. The maximum absolute atomic E-state index is 12.7. The van der Waals surface area contributed by atoms with Gasteiger partial charge in [-0.1, -0.05) is 6.08 Å². The Morgan fingerprint density at radius 1 is 1.64 bits per heavy atom. The number of hydrogen-bond donors (Lipinski definition) is 1. The summed E-state index contributed by atoms with van der Waals surface area (Å²) in [6.45, 7) is -0.101. The van der Waals surface area contributed by atoms with Gasteiger partial charge >= 0.3 is 0 Å².